The Morgan fingerprint density at radius 2 is 2.00 bits per heavy atom. The van der Waals surface area contributed by atoms with Gasteiger partial charge in [0.05, 0.1) is 24.3 Å². The van der Waals surface area contributed by atoms with E-state index in [1.165, 1.54) is 23.5 Å². The smallest absolute Gasteiger partial charge is 0.243 e. The number of ether oxygens (including phenoxy) is 2. The van der Waals surface area contributed by atoms with Crippen molar-refractivity contribution < 1.29 is 17.9 Å². The summed E-state index contributed by atoms with van der Waals surface area (Å²) in [5, 5.41) is 0. The number of nitrogens with zero attached hydrogens (tertiary/aromatic N) is 1. The van der Waals surface area contributed by atoms with Gasteiger partial charge in [-0.2, -0.15) is 4.31 Å². The molecule has 6 nitrogen and oxygen atoms in total. The molecule has 0 aromatic heterocycles. The van der Waals surface area contributed by atoms with Gasteiger partial charge in [0.15, 0.2) is 0 Å². The quantitative estimate of drug-likeness (QED) is 0.768. The van der Waals surface area contributed by atoms with Crippen LogP contribution in [0.1, 0.15) is 13.8 Å². The molecule has 0 radical (unpaired) electrons. The molecule has 1 unspecified atom stereocenters. The van der Waals surface area contributed by atoms with Gasteiger partial charge in [-0.3, -0.25) is 0 Å². The lowest BCUT2D eigenvalue weighted by Gasteiger charge is -2.26. The molecule has 0 heterocycles. The highest BCUT2D eigenvalue weighted by molar-refractivity contribution is 7.89. The van der Waals surface area contributed by atoms with Crippen LogP contribution in [0.4, 0.5) is 5.69 Å². The zero-order chi connectivity index (χ0) is 15.3. The molecule has 0 aliphatic carbocycles. The van der Waals surface area contributed by atoms with Crippen molar-refractivity contribution in [3.8, 4) is 5.75 Å². The largest absolute Gasteiger partial charge is 0.495 e. The molecule has 0 saturated carbocycles. The second-order valence-electron chi connectivity index (χ2n) is 4.42. The van der Waals surface area contributed by atoms with Crippen LogP contribution in [0.3, 0.4) is 0 Å². The van der Waals surface area contributed by atoms with Crippen LogP contribution in [0.2, 0.25) is 0 Å². The third-order valence-corrected chi connectivity index (χ3v) is 5.10. The van der Waals surface area contributed by atoms with Crippen LogP contribution in [0.5, 0.6) is 5.75 Å². The van der Waals surface area contributed by atoms with Crippen molar-refractivity contribution in [2.75, 3.05) is 33.1 Å². The molecule has 20 heavy (non-hydrogen) atoms. The Balaban J connectivity index is 3.17. The number of benzene rings is 1. The highest BCUT2D eigenvalue weighted by Crippen LogP contribution is 2.26. The van der Waals surface area contributed by atoms with Gasteiger partial charge in [0.2, 0.25) is 10.0 Å². The molecule has 0 spiro atoms. The Bertz CT molecular complexity index is 545. The van der Waals surface area contributed by atoms with E-state index >= 15 is 0 Å². The van der Waals surface area contributed by atoms with Crippen molar-refractivity contribution in [3.05, 3.63) is 18.2 Å². The van der Waals surface area contributed by atoms with Crippen molar-refractivity contribution in [1.29, 1.82) is 0 Å². The number of anilines is 1. The van der Waals surface area contributed by atoms with Crippen molar-refractivity contribution in [3.63, 3.8) is 0 Å². The molecule has 114 valence electrons. The summed E-state index contributed by atoms with van der Waals surface area (Å²) >= 11 is 0. The van der Waals surface area contributed by atoms with E-state index in [9.17, 15) is 8.42 Å². The lowest BCUT2D eigenvalue weighted by Crippen LogP contribution is -2.40. The number of rotatable bonds is 7. The second-order valence-corrected chi connectivity index (χ2v) is 6.31. The minimum Gasteiger partial charge on any atom is -0.495 e. The lowest BCUT2D eigenvalue weighted by molar-refractivity contribution is 0.142. The maximum absolute atomic E-state index is 12.6. The Hall–Kier alpha value is -1.31. The number of nitrogen functional groups attached to an aromatic ring is 1. The predicted octanol–water partition coefficient (Wildman–Crippen LogP) is 1.32. The molecule has 0 aliphatic rings. The van der Waals surface area contributed by atoms with E-state index in [0.29, 0.717) is 24.6 Å². The number of sulfonamides is 1. The van der Waals surface area contributed by atoms with Crippen LogP contribution < -0.4 is 10.5 Å². The van der Waals surface area contributed by atoms with Gasteiger partial charge < -0.3 is 15.2 Å². The van der Waals surface area contributed by atoms with Crippen LogP contribution in [0.15, 0.2) is 23.1 Å². The summed E-state index contributed by atoms with van der Waals surface area (Å²) in [5.41, 5.74) is 6.07. The normalized spacial score (nSPS) is 13.4. The third-order valence-electron chi connectivity index (χ3n) is 3.02. The van der Waals surface area contributed by atoms with Gasteiger partial charge in [-0.25, -0.2) is 8.42 Å². The molecule has 0 fully saturated rings. The van der Waals surface area contributed by atoms with Gasteiger partial charge in [0, 0.05) is 19.7 Å². The average molecular weight is 302 g/mol. The first kappa shape index (κ1) is 16.7. The molecular weight excluding hydrogens is 280 g/mol. The summed E-state index contributed by atoms with van der Waals surface area (Å²) in [6.07, 6.45) is 0. The molecule has 0 bridgehead atoms. The highest BCUT2D eigenvalue weighted by Gasteiger charge is 2.28. The van der Waals surface area contributed by atoms with E-state index in [1.54, 1.807) is 27.0 Å². The van der Waals surface area contributed by atoms with Gasteiger partial charge in [-0.1, -0.05) is 6.92 Å². The van der Waals surface area contributed by atoms with Crippen LogP contribution in [0, 0.1) is 0 Å². The zero-order valence-electron chi connectivity index (χ0n) is 12.3. The van der Waals surface area contributed by atoms with Gasteiger partial charge in [-0.05, 0) is 25.1 Å². The van der Waals surface area contributed by atoms with E-state index < -0.39 is 10.0 Å². The maximum atomic E-state index is 12.6. The van der Waals surface area contributed by atoms with Crippen molar-refractivity contribution in [1.82, 2.24) is 4.31 Å². The summed E-state index contributed by atoms with van der Waals surface area (Å²) in [5.74, 6) is 0.455. The van der Waals surface area contributed by atoms with Crippen molar-refractivity contribution >= 4 is 15.7 Å². The molecule has 1 aromatic rings. The first-order chi connectivity index (χ1) is 9.38. The van der Waals surface area contributed by atoms with Gasteiger partial charge in [-0.15, -0.1) is 0 Å². The number of hydrogen-bond donors (Lipinski definition) is 1. The maximum Gasteiger partial charge on any atom is 0.243 e. The van der Waals surface area contributed by atoms with Gasteiger partial charge in [0.25, 0.3) is 0 Å². The number of nitrogens with two attached hydrogens (primary N) is 1. The van der Waals surface area contributed by atoms with E-state index in [-0.39, 0.29) is 10.9 Å². The van der Waals surface area contributed by atoms with Crippen LogP contribution in [0.25, 0.3) is 0 Å². The lowest BCUT2D eigenvalue weighted by atomic mass is 10.3. The molecular formula is C13H22N2O4S. The molecule has 1 aromatic carbocycles. The number of methoxy groups -OCH3 is 2. The second kappa shape index (κ2) is 6.92. The van der Waals surface area contributed by atoms with E-state index in [4.69, 9.17) is 15.2 Å². The van der Waals surface area contributed by atoms with Crippen LogP contribution in [-0.4, -0.2) is 46.1 Å². The number of likely N-dealkylation sites (N-methyl/N-ethyl adjacent to an activating group) is 1. The molecule has 1 atom stereocenters. The minimum atomic E-state index is -3.60. The van der Waals surface area contributed by atoms with E-state index in [2.05, 4.69) is 0 Å². The standard InChI is InChI=1S/C13H22N2O4S/c1-5-15(10(2)9-18-3)20(16,17)11-6-7-13(19-4)12(14)8-11/h6-8,10H,5,9,14H2,1-4H3. The Kier molecular flexibility index (Phi) is 5.79. The summed E-state index contributed by atoms with van der Waals surface area (Å²) in [6, 6.07) is 4.21. The first-order valence-corrected chi connectivity index (χ1v) is 7.76. The minimum absolute atomic E-state index is 0.153. The van der Waals surface area contributed by atoms with Gasteiger partial charge >= 0.3 is 0 Å². The molecule has 0 aliphatic heterocycles. The monoisotopic (exact) mass is 302 g/mol. The van der Waals surface area contributed by atoms with Gasteiger partial charge in [0.1, 0.15) is 5.75 Å². The summed E-state index contributed by atoms with van der Waals surface area (Å²) in [4.78, 5) is 0.153. The fourth-order valence-corrected chi connectivity index (χ4v) is 3.71. The SMILES string of the molecule is CCN(C(C)COC)S(=O)(=O)c1ccc(OC)c(N)c1. The van der Waals surface area contributed by atoms with Crippen LogP contribution >= 0.6 is 0 Å². The molecule has 0 amide bonds. The molecule has 2 N–H and O–H groups in total. The van der Waals surface area contributed by atoms with Crippen molar-refractivity contribution in [2.24, 2.45) is 0 Å². The van der Waals surface area contributed by atoms with E-state index in [0.717, 1.165) is 0 Å². The third kappa shape index (κ3) is 3.41. The highest BCUT2D eigenvalue weighted by atomic mass is 32.2. The summed E-state index contributed by atoms with van der Waals surface area (Å²) in [6.45, 7) is 4.28. The summed E-state index contributed by atoms with van der Waals surface area (Å²) < 4.78 is 36.7. The zero-order valence-corrected chi connectivity index (χ0v) is 13.1. The number of hydrogen-bond acceptors (Lipinski definition) is 5. The molecule has 7 heteroatoms. The fourth-order valence-electron chi connectivity index (χ4n) is 2.05. The topological polar surface area (TPSA) is 81.9 Å². The molecule has 1 rings (SSSR count). The van der Waals surface area contributed by atoms with Crippen LogP contribution in [-0.2, 0) is 14.8 Å². The first-order valence-electron chi connectivity index (χ1n) is 6.32. The summed E-state index contributed by atoms with van der Waals surface area (Å²) in [7, 11) is -0.573. The Morgan fingerprint density at radius 3 is 2.45 bits per heavy atom. The van der Waals surface area contributed by atoms with Crippen molar-refractivity contribution in [2.45, 2.75) is 24.8 Å². The predicted molar refractivity (Wildman–Crippen MR) is 78.3 cm³/mol. The fraction of sp³-hybridized carbons (Fsp3) is 0.538. The Labute approximate surface area is 120 Å². The van der Waals surface area contributed by atoms with E-state index in [1.807, 2.05) is 0 Å². The molecule has 0 saturated heterocycles. The average Bonchev–Trinajstić information content (AvgIpc) is 2.39. The Morgan fingerprint density at radius 1 is 1.35 bits per heavy atom.